The molecule has 0 spiro atoms. The summed E-state index contributed by atoms with van der Waals surface area (Å²) in [4.78, 5) is 15.0. The summed E-state index contributed by atoms with van der Waals surface area (Å²) in [5, 5.41) is 38.7. The normalized spacial score (nSPS) is 10.6. The zero-order valence-electron chi connectivity index (χ0n) is 13.1. The van der Waals surface area contributed by atoms with Crippen molar-refractivity contribution in [3.8, 4) is 45.4 Å². The Morgan fingerprint density at radius 1 is 0.800 bits per heavy atom. The number of methoxy groups -OCH3 is 1. The van der Waals surface area contributed by atoms with E-state index in [1.807, 2.05) is 0 Å². The van der Waals surface area contributed by atoms with E-state index in [1.54, 1.807) is 6.07 Å². The molecule has 5 N–H and O–H groups in total. The van der Waals surface area contributed by atoms with Crippen molar-refractivity contribution in [1.82, 2.24) is 4.98 Å². The Bertz CT molecular complexity index is 920. The first-order valence-corrected chi connectivity index (χ1v) is 7.25. The second-order valence-corrected chi connectivity index (χ2v) is 5.44. The molecule has 0 bridgehead atoms. The topological polar surface area (TPSA) is 123 Å². The van der Waals surface area contributed by atoms with Crippen molar-refractivity contribution >= 4 is 5.97 Å². The van der Waals surface area contributed by atoms with Gasteiger partial charge in [0.15, 0.2) is 0 Å². The van der Waals surface area contributed by atoms with Crippen LogP contribution in [0.3, 0.4) is 0 Å². The fourth-order valence-electron chi connectivity index (χ4n) is 2.60. The molecule has 0 fully saturated rings. The zero-order valence-corrected chi connectivity index (χ0v) is 13.1. The maximum absolute atomic E-state index is 12.1. The number of aromatic hydroxyl groups is 4. The average Bonchev–Trinajstić information content (AvgIpc) is 2.97. The number of aromatic nitrogens is 1. The van der Waals surface area contributed by atoms with E-state index in [1.165, 1.54) is 43.5 Å². The van der Waals surface area contributed by atoms with E-state index in [4.69, 9.17) is 4.74 Å². The number of rotatable bonds is 3. The molecule has 2 aromatic carbocycles. The number of aromatic amines is 1. The van der Waals surface area contributed by atoms with Crippen LogP contribution in [-0.4, -0.2) is 38.5 Å². The Morgan fingerprint density at radius 2 is 1.28 bits per heavy atom. The number of ether oxygens (including phenoxy) is 1. The third-order valence-electron chi connectivity index (χ3n) is 3.63. The van der Waals surface area contributed by atoms with Gasteiger partial charge in [0.2, 0.25) is 0 Å². The Hall–Kier alpha value is -3.61. The van der Waals surface area contributed by atoms with Crippen LogP contribution in [-0.2, 0) is 4.74 Å². The highest BCUT2D eigenvalue weighted by atomic mass is 16.5. The predicted octanol–water partition coefficient (Wildman–Crippen LogP) is 2.96. The van der Waals surface area contributed by atoms with Gasteiger partial charge in [-0.15, -0.1) is 0 Å². The van der Waals surface area contributed by atoms with Crippen molar-refractivity contribution in [1.29, 1.82) is 0 Å². The average molecular weight is 341 g/mol. The van der Waals surface area contributed by atoms with Crippen molar-refractivity contribution in [3.05, 3.63) is 48.2 Å². The van der Waals surface area contributed by atoms with Gasteiger partial charge < -0.3 is 30.1 Å². The molecule has 7 nitrogen and oxygen atoms in total. The number of phenolic OH excluding ortho intramolecular Hbond substituents is 4. The standard InChI is InChI=1S/C18H15NO6/c1-25-18(24)17-15(9-2-11(20)6-12(21)3-9)8-16(19-17)10-4-13(22)7-14(23)5-10/h2-8,19-23H,1H3. The number of carbonyl (C=O) groups excluding carboxylic acids is 1. The Kier molecular flexibility index (Phi) is 3.98. The molecule has 1 aromatic heterocycles. The van der Waals surface area contributed by atoms with E-state index in [0.29, 0.717) is 22.4 Å². The van der Waals surface area contributed by atoms with Crippen LogP contribution in [0.15, 0.2) is 42.5 Å². The summed E-state index contributed by atoms with van der Waals surface area (Å²) >= 11 is 0. The van der Waals surface area contributed by atoms with Crippen LogP contribution in [0.4, 0.5) is 0 Å². The SMILES string of the molecule is COC(=O)c1[nH]c(-c2cc(O)cc(O)c2)cc1-c1cc(O)cc(O)c1. The number of H-pyrrole nitrogens is 1. The zero-order chi connectivity index (χ0) is 18.1. The van der Waals surface area contributed by atoms with E-state index in [2.05, 4.69) is 4.98 Å². The molecule has 0 aliphatic rings. The monoisotopic (exact) mass is 341 g/mol. The molecular weight excluding hydrogens is 326 g/mol. The van der Waals surface area contributed by atoms with Crippen LogP contribution >= 0.6 is 0 Å². The molecule has 0 unspecified atom stereocenters. The van der Waals surface area contributed by atoms with Crippen LogP contribution < -0.4 is 0 Å². The molecule has 0 radical (unpaired) electrons. The quantitative estimate of drug-likeness (QED) is 0.467. The highest BCUT2D eigenvalue weighted by Gasteiger charge is 2.19. The second-order valence-electron chi connectivity index (χ2n) is 5.44. The van der Waals surface area contributed by atoms with Gasteiger partial charge in [0.05, 0.1) is 7.11 Å². The van der Waals surface area contributed by atoms with Gasteiger partial charge in [-0.3, -0.25) is 0 Å². The Balaban J connectivity index is 2.20. The molecule has 0 saturated heterocycles. The lowest BCUT2D eigenvalue weighted by Crippen LogP contribution is -2.03. The summed E-state index contributed by atoms with van der Waals surface area (Å²) < 4.78 is 4.76. The summed E-state index contributed by atoms with van der Waals surface area (Å²) in [5.74, 6) is -1.25. The van der Waals surface area contributed by atoms with Gasteiger partial charge >= 0.3 is 5.97 Å². The maximum atomic E-state index is 12.1. The number of hydrogen-bond acceptors (Lipinski definition) is 6. The van der Waals surface area contributed by atoms with Crippen molar-refractivity contribution in [2.24, 2.45) is 0 Å². The van der Waals surface area contributed by atoms with Gasteiger partial charge in [0.1, 0.15) is 28.7 Å². The van der Waals surface area contributed by atoms with Gasteiger partial charge in [-0.2, -0.15) is 0 Å². The van der Waals surface area contributed by atoms with E-state index in [9.17, 15) is 25.2 Å². The third-order valence-corrected chi connectivity index (χ3v) is 3.63. The second kappa shape index (κ2) is 6.12. The minimum Gasteiger partial charge on any atom is -0.508 e. The van der Waals surface area contributed by atoms with Gasteiger partial charge in [-0.1, -0.05) is 0 Å². The van der Waals surface area contributed by atoms with E-state index in [0.717, 1.165) is 0 Å². The Morgan fingerprint density at radius 3 is 1.76 bits per heavy atom. The highest BCUT2D eigenvalue weighted by Crippen LogP contribution is 2.36. The van der Waals surface area contributed by atoms with Crippen LogP contribution in [0, 0.1) is 0 Å². The number of benzene rings is 2. The summed E-state index contributed by atoms with van der Waals surface area (Å²) in [6, 6.07) is 9.55. The van der Waals surface area contributed by atoms with Gasteiger partial charge in [0, 0.05) is 29.0 Å². The number of esters is 1. The molecule has 128 valence electrons. The summed E-state index contributed by atoms with van der Waals surface area (Å²) in [6.45, 7) is 0. The minimum absolute atomic E-state index is 0.102. The summed E-state index contributed by atoms with van der Waals surface area (Å²) in [5.41, 5.74) is 1.76. The van der Waals surface area contributed by atoms with Crippen molar-refractivity contribution in [2.45, 2.75) is 0 Å². The molecule has 1 heterocycles. The lowest BCUT2D eigenvalue weighted by atomic mass is 10.0. The molecule has 0 saturated carbocycles. The fourth-order valence-corrected chi connectivity index (χ4v) is 2.60. The van der Waals surface area contributed by atoms with E-state index in [-0.39, 0.29) is 28.7 Å². The third kappa shape index (κ3) is 3.20. The predicted molar refractivity (Wildman–Crippen MR) is 89.7 cm³/mol. The molecule has 0 amide bonds. The first-order chi connectivity index (χ1) is 11.9. The lowest BCUT2D eigenvalue weighted by Gasteiger charge is -2.04. The van der Waals surface area contributed by atoms with Crippen LogP contribution in [0.2, 0.25) is 0 Å². The van der Waals surface area contributed by atoms with Gasteiger partial charge in [0.25, 0.3) is 0 Å². The van der Waals surface area contributed by atoms with Gasteiger partial charge in [-0.25, -0.2) is 4.79 Å². The first-order valence-electron chi connectivity index (χ1n) is 7.25. The van der Waals surface area contributed by atoms with Crippen LogP contribution in [0.25, 0.3) is 22.4 Å². The molecule has 25 heavy (non-hydrogen) atoms. The first kappa shape index (κ1) is 16.3. The molecule has 3 aromatic rings. The van der Waals surface area contributed by atoms with Crippen molar-refractivity contribution < 1.29 is 30.0 Å². The minimum atomic E-state index is -0.645. The molecule has 0 aliphatic heterocycles. The number of nitrogens with one attached hydrogen (secondary N) is 1. The fraction of sp³-hybridized carbons (Fsp3) is 0.0556. The number of carbonyl (C=O) groups is 1. The lowest BCUT2D eigenvalue weighted by molar-refractivity contribution is 0.0596. The van der Waals surface area contributed by atoms with E-state index < -0.39 is 5.97 Å². The highest BCUT2D eigenvalue weighted by molar-refractivity contribution is 5.97. The molecule has 0 aliphatic carbocycles. The number of hydrogen-bond donors (Lipinski definition) is 5. The molecule has 7 heteroatoms. The maximum Gasteiger partial charge on any atom is 0.355 e. The largest absolute Gasteiger partial charge is 0.508 e. The Labute approximate surface area is 142 Å². The summed E-state index contributed by atoms with van der Waals surface area (Å²) in [7, 11) is 1.23. The number of phenols is 4. The molecular formula is C18H15NO6. The smallest absolute Gasteiger partial charge is 0.355 e. The molecule has 3 rings (SSSR count). The van der Waals surface area contributed by atoms with Crippen molar-refractivity contribution in [2.75, 3.05) is 7.11 Å². The van der Waals surface area contributed by atoms with Crippen LogP contribution in [0.1, 0.15) is 10.5 Å². The van der Waals surface area contributed by atoms with Gasteiger partial charge in [-0.05, 0) is 35.9 Å². The van der Waals surface area contributed by atoms with E-state index >= 15 is 0 Å². The van der Waals surface area contributed by atoms with Crippen molar-refractivity contribution in [3.63, 3.8) is 0 Å². The molecule has 0 atom stereocenters. The van der Waals surface area contributed by atoms with Crippen LogP contribution in [0.5, 0.6) is 23.0 Å². The summed E-state index contributed by atoms with van der Waals surface area (Å²) in [6.07, 6.45) is 0.